The fourth-order valence-corrected chi connectivity index (χ4v) is 4.56. The van der Waals surface area contributed by atoms with Crippen molar-refractivity contribution in [2.24, 2.45) is 0 Å². The van der Waals surface area contributed by atoms with Gasteiger partial charge in [-0.25, -0.2) is 4.98 Å². The minimum absolute atomic E-state index is 0.0183. The van der Waals surface area contributed by atoms with Gasteiger partial charge in [-0.05, 0) is 42.0 Å². The van der Waals surface area contributed by atoms with Gasteiger partial charge in [-0.3, -0.25) is 4.79 Å². The molecular formula is C28H32N4O2. The van der Waals surface area contributed by atoms with E-state index in [9.17, 15) is 10.1 Å². The first-order valence-corrected chi connectivity index (χ1v) is 11.9. The van der Waals surface area contributed by atoms with Gasteiger partial charge in [0.15, 0.2) is 0 Å². The average molecular weight is 457 g/mol. The zero-order chi connectivity index (χ0) is 24.4. The third kappa shape index (κ3) is 4.56. The molecule has 1 saturated heterocycles. The monoisotopic (exact) mass is 456 g/mol. The number of amides is 1. The van der Waals surface area contributed by atoms with E-state index in [0.29, 0.717) is 42.5 Å². The lowest BCUT2D eigenvalue weighted by Crippen LogP contribution is -2.54. The zero-order valence-corrected chi connectivity index (χ0v) is 20.6. The van der Waals surface area contributed by atoms with Crippen molar-refractivity contribution in [3.8, 4) is 17.2 Å². The predicted octanol–water partition coefficient (Wildman–Crippen LogP) is 5.81. The number of carbonyl (C=O) groups is 1. The SMILES string of the molecule is CC(C)c1ccc(-c2cc(C#N)c(N3CCN(C(=O)c4ccoc4)C(C)C3)nc2C(C)C)cc1. The number of nitriles is 1. The minimum Gasteiger partial charge on any atom is -0.472 e. The molecule has 1 aliphatic heterocycles. The van der Waals surface area contributed by atoms with Crippen LogP contribution in [0, 0.1) is 11.3 Å². The maximum Gasteiger partial charge on any atom is 0.257 e. The van der Waals surface area contributed by atoms with Gasteiger partial charge in [0.1, 0.15) is 18.2 Å². The summed E-state index contributed by atoms with van der Waals surface area (Å²) in [5.41, 5.74) is 5.48. The summed E-state index contributed by atoms with van der Waals surface area (Å²) in [7, 11) is 0. The van der Waals surface area contributed by atoms with Crippen molar-refractivity contribution < 1.29 is 9.21 Å². The number of carbonyl (C=O) groups excluding carboxylic acids is 1. The van der Waals surface area contributed by atoms with E-state index >= 15 is 0 Å². The van der Waals surface area contributed by atoms with Crippen LogP contribution in [-0.2, 0) is 0 Å². The summed E-state index contributed by atoms with van der Waals surface area (Å²) in [6.07, 6.45) is 3.00. The first kappa shape index (κ1) is 23.6. The standard InChI is InChI=1S/C28H32N4O2/c1-18(2)21-6-8-22(9-7-21)25-14-24(15-29)27(30-26(25)19(3)4)31-11-12-32(20(5)16-31)28(33)23-10-13-34-17-23/h6-10,13-14,17-20H,11-12,16H2,1-5H3. The fourth-order valence-electron chi connectivity index (χ4n) is 4.56. The van der Waals surface area contributed by atoms with Gasteiger partial charge in [0, 0.05) is 31.2 Å². The van der Waals surface area contributed by atoms with Crippen LogP contribution in [0.2, 0.25) is 0 Å². The number of hydrogen-bond donors (Lipinski definition) is 0. The number of piperazine rings is 1. The quantitative estimate of drug-likeness (QED) is 0.484. The molecule has 0 radical (unpaired) electrons. The van der Waals surface area contributed by atoms with E-state index < -0.39 is 0 Å². The van der Waals surface area contributed by atoms with E-state index in [0.717, 1.165) is 16.8 Å². The molecule has 1 fully saturated rings. The lowest BCUT2D eigenvalue weighted by molar-refractivity contribution is 0.0673. The van der Waals surface area contributed by atoms with Gasteiger partial charge in [-0.2, -0.15) is 5.26 Å². The number of hydrogen-bond acceptors (Lipinski definition) is 5. The van der Waals surface area contributed by atoms with Gasteiger partial charge in [-0.15, -0.1) is 0 Å². The number of benzene rings is 1. The maximum atomic E-state index is 12.8. The Morgan fingerprint density at radius 1 is 1.12 bits per heavy atom. The van der Waals surface area contributed by atoms with E-state index in [4.69, 9.17) is 9.40 Å². The molecule has 1 unspecified atom stereocenters. The van der Waals surface area contributed by atoms with E-state index in [1.807, 2.05) is 17.9 Å². The van der Waals surface area contributed by atoms with Crippen molar-refractivity contribution >= 4 is 11.7 Å². The summed E-state index contributed by atoms with van der Waals surface area (Å²) in [4.78, 5) is 21.9. The molecule has 3 aromatic rings. The second-order valence-electron chi connectivity index (χ2n) is 9.64. The number of pyridine rings is 1. The third-order valence-electron chi connectivity index (χ3n) is 6.54. The molecular weight excluding hydrogens is 424 g/mol. The highest BCUT2D eigenvalue weighted by molar-refractivity contribution is 5.94. The summed E-state index contributed by atoms with van der Waals surface area (Å²) in [6.45, 7) is 12.5. The molecule has 1 aromatic carbocycles. The average Bonchev–Trinajstić information content (AvgIpc) is 3.38. The molecule has 0 saturated carbocycles. The lowest BCUT2D eigenvalue weighted by Gasteiger charge is -2.40. The summed E-state index contributed by atoms with van der Waals surface area (Å²) >= 11 is 0. The molecule has 34 heavy (non-hydrogen) atoms. The highest BCUT2D eigenvalue weighted by Crippen LogP contribution is 2.34. The van der Waals surface area contributed by atoms with Crippen LogP contribution in [0.25, 0.3) is 11.1 Å². The van der Waals surface area contributed by atoms with Crippen LogP contribution in [0.5, 0.6) is 0 Å². The summed E-state index contributed by atoms with van der Waals surface area (Å²) < 4.78 is 5.08. The molecule has 176 valence electrons. The van der Waals surface area contributed by atoms with Crippen molar-refractivity contribution in [1.82, 2.24) is 9.88 Å². The van der Waals surface area contributed by atoms with E-state index in [1.54, 1.807) is 6.07 Å². The van der Waals surface area contributed by atoms with E-state index in [-0.39, 0.29) is 17.9 Å². The van der Waals surface area contributed by atoms with Crippen LogP contribution < -0.4 is 4.90 Å². The molecule has 4 rings (SSSR count). The highest BCUT2D eigenvalue weighted by Gasteiger charge is 2.31. The predicted molar refractivity (Wildman–Crippen MR) is 134 cm³/mol. The van der Waals surface area contributed by atoms with Crippen molar-refractivity contribution in [1.29, 1.82) is 5.26 Å². The van der Waals surface area contributed by atoms with Crippen LogP contribution in [0.1, 0.15) is 73.6 Å². The molecule has 1 aliphatic rings. The Morgan fingerprint density at radius 3 is 2.41 bits per heavy atom. The highest BCUT2D eigenvalue weighted by atomic mass is 16.3. The van der Waals surface area contributed by atoms with E-state index in [1.165, 1.54) is 18.1 Å². The summed E-state index contributed by atoms with van der Waals surface area (Å²) in [5.74, 6) is 1.34. The van der Waals surface area contributed by atoms with Crippen molar-refractivity contribution in [2.75, 3.05) is 24.5 Å². The molecule has 6 heteroatoms. The van der Waals surface area contributed by atoms with Gasteiger partial charge in [-0.1, -0.05) is 52.0 Å². The first-order chi connectivity index (χ1) is 16.3. The van der Waals surface area contributed by atoms with Crippen molar-refractivity contribution in [2.45, 2.75) is 52.5 Å². The molecule has 0 spiro atoms. The van der Waals surface area contributed by atoms with Gasteiger partial charge in [0.05, 0.1) is 23.1 Å². The van der Waals surface area contributed by atoms with Crippen LogP contribution in [0.4, 0.5) is 5.82 Å². The number of furan rings is 1. The van der Waals surface area contributed by atoms with E-state index in [2.05, 4.69) is 62.9 Å². The normalized spacial score (nSPS) is 16.2. The van der Waals surface area contributed by atoms with Gasteiger partial charge >= 0.3 is 0 Å². The fraction of sp³-hybridized carbons (Fsp3) is 0.393. The zero-order valence-electron chi connectivity index (χ0n) is 20.6. The Kier molecular flexibility index (Phi) is 6.74. The van der Waals surface area contributed by atoms with Crippen LogP contribution in [0.15, 0.2) is 53.3 Å². The minimum atomic E-state index is -0.0302. The number of rotatable bonds is 5. The molecule has 6 nitrogen and oxygen atoms in total. The molecule has 0 N–H and O–H groups in total. The molecule has 1 atom stereocenters. The maximum absolute atomic E-state index is 12.8. The topological polar surface area (TPSA) is 73.4 Å². The Morgan fingerprint density at radius 2 is 1.85 bits per heavy atom. The lowest BCUT2D eigenvalue weighted by atomic mass is 9.93. The number of aromatic nitrogens is 1. The molecule has 3 heterocycles. The smallest absolute Gasteiger partial charge is 0.257 e. The van der Waals surface area contributed by atoms with Crippen LogP contribution in [-0.4, -0.2) is 41.5 Å². The molecule has 1 amide bonds. The van der Waals surface area contributed by atoms with Gasteiger partial charge in [0.2, 0.25) is 0 Å². The molecule has 2 aromatic heterocycles. The Balaban J connectivity index is 1.64. The Bertz CT molecular complexity index is 1190. The molecule has 0 bridgehead atoms. The number of anilines is 1. The van der Waals surface area contributed by atoms with Gasteiger partial charge < -0.3 is 14.2 Å². The van der Waals surface area contributed by atoms with Crippen LogP contribution >= 0.6 is 0 Å². The van der Waals surface area contributed by atoms with Crippen molar-refractivity contribution in [3.05, 3.63) is 71.3 Å². The molecule has 0 aliphatic carbocycles. The summed E-state index contributed by atoms with van der Waals surface area (Å²) in [5, 5.41) is 10.0. The Labute approximate surface area is 201 Å². The summed E-state index contributed by atoms with van der Waals surface area (Å²) in [6, 6.07) is 14.6. The first-order valence-electron chi connectivity index (χ1n) is 11.9. The van der Waals surface area contributed by atoms with Crippen molar-refractivity contribution in [3.63, 3.8) is 0 Å². The second-order valence-corrected chi connectivity index (χ2v) is 9.64. The van der Waals surface area contributed by atoms with Gasteiger partial charge in [0.25, 0.3) is 5.91 Å². The largest absolute Gasteiger partial charge is 0.472 e. The third-order valence-corrected chi connectivity index (χ3v) is 6.54. The second kappa shape index (κ2) is 9.72. The van der Waals surface area contributed by atoms with Crippen LogP contribution in [0.3, 0.4) is 0 Å². The Hall–Kier alpha value is -3.59. The number of nitrogens with zero attached hydrogens (tertiary/aromatic N) is 4.